The number of nitrogens with zero attached hydrogens (tertiary/aromatic N) is 3. The van der Waals surface area contributed by atoms with Crippen LogP contribution in [-0.4, -0.2) is 52.7 Å². The summed E-state index contributed by atoms with van der Waals surface area (Å²) in [6, 6.07) is 30.4. The summed E-state index contributed by atoms with van der Waals surface area (Å²) in [6.45, 7) is 3.40. The average molecular weight is 551 g/mol. The fourth-order valence-electron chi connectivity index (χ4n) is 6.50. The van der Waals surface area contributed by atoms with Gasteiger partial charge in [0.15, 0.2) is 11.4 Å². The van der Waals surface area contributed by atoms with Crippen LogP contribution in [0.1, 0.15) is 30.0 Å². The molecule has 2 unspecified atom stereocenters. The summed E-state index contributed by atoms with van der Waals surface area (Å²) in [5.74, 6) is 0.454. The number of aliphatic imine (C=N–C) groups is 1. The van der Waals surface area contributed by atoms with E-state index in [-0.39, 0.29) is 18.2 Å². The number of hydrazone groups is 1. The minimum atomic E-state index is -0.796. The number of hydrogen-bond donors (Lipinski definition) is 1. The van der Waals surface area contributed by atoms with Crippen LogP contribution in [0.15, 0.2) is 113 Å². The molecule has 8 nitrogen and oxygen atoms in total. The highest BCUT2D eigenvalue weighted by Gasteiger charge is 2.84. The molecule has 8 heteroatoms. The van der Waals surface area contributed by atoms with Gasteiger partial charge in [-0.1, -0.05) is 97.1 Å². The zero-order chi connectivity index (χ0) is 27.9. The molecule has 210 valence electrons. The lowest BCUT2D eigenvalue weighted by atomic mass is 9.85. The molecule has 0 spiro atoms. The van der Waals surface area contributed by atoms with Gasteiger partial charge in [-0.25, -0.2) is 4.99 Å². The molecule has 1 saturated heterocycles. The third-order valence-corrected chi connectivity index (χ3v) is 8.60. The zero-order valence-corrected chi connectivity index (χ0v) is 23.0. The summed E-state index contributed by atoms with van der Waals surface area (Å²) in [6.07, 6.45) is 3.24. The fourth-order valence-corrected chi connectivity index (χ4v) is 6.50. The molecule has 1 saturated carbocycles. The molecule has 0 bridgehead atoms. The summed E-state index contributed by atoms with van der Waals surface area (Å²) in [7, 11) is 0. The Labute approximate surface area is 240 Å². The van der Waals surface area contributed by atoms with Crippen LogP contribution in [0.4, 0.5) is 0 Å². The van der Waals surface area contributed by atoms with Crippen molar-refractivity contribution < 1.29 is 18.9 Å². The van der Waals surface area contributed by atoms with Crippen LogP contribution in [0.5, 0.6) is 0 Å². The second-order valence-electron chi connectivity index (χ2n) is 11.2. The van der Waals surface area contributed by atoms with Crippen LogP contribution in [0.25, 0.3) is 0 Å². The Balaban J connectivity index is 1.22. The van der Waals surface area contributed by atoms with E-state index in [1.54, 1.807) is 0 Å². The highest BCUT2D eigenvalue weighted by Crippen LogP contribution is 2.62. The molecule has 0 aromatic heterocycles. The summed E-state index contributed by atoms with van der Waals surface area (Å²) in [5, 5.41) is 6.51. The van der Waals surface area contributed by atoms with Gasteiger partial charge in [-0.3, -0.25) is 5.01 Å². The van der Waals surface area contributed by atoms with Crippen molar-refractivity contribution in [1.29, 1.82) is 0 Å². The third-order valence-electron chi connectivity index (χ3n) is 8.60. The first-order chi connectivity index (χ1) is 20.1. The van der Waals surface area contributed by atoms with E-state index < -0.39 is 17.3 Å². The quantitative estimate of drug-likeness (QED) is 0.398. The number of benzene rings is 3. The van der Waals surface area contributed by atoms with Crippen molar-refractivity contribution in [2.45, 2.75) is 68.7 Å². The third kappa shape index (κ3) is 4.57. The Morgan fingerprint density at radius 2 is 1.44 bits per heavy atom. The molecule has 3 aliphatic heterocycles. The van der Waals surface area contributed by atoms with Gasteiger partial charge < -0.3 is 24.7 Å². The molecule has 2 N–H and O–H groups in total. The molecular formula is C33H34N4O4. The molecule has 2 fully saturated rings. The van der Waals surface area contributed by atoms with Crippen molar-refractivity contribution >= 4 is 12.2 Å². The zero-order valence-electron chi connectivity index (χ0n) is 23.0. The van der Waals surface area contributed by atoms with Gasteiger partial charge in [-0.2, -0.15) is 5.10 Å². The lowest BCUT2D eigenvalue weighted by Gasteiger charge is -2.44. The Morgan fingerprint density at radius 3 is 2.07 bits per heavy atom. The van der Waals surface area contributed by atoms with Crippen molar-refractivity contribution in [2.75, 3.05) is 0 Å². The van der Waals surface area contributed by atoms with Crippen LogP contribution >= 0.6 is 0 Å². The highest BCUT2D eigenvalue weighted by atomic mass is 16.7. The maximum atomic E-state index is 6.98. The minimum Gasteiger partial charge on any atom is -0.382 e. The van der Waals surface area contributed by atoms with Gasteiger partial charge >= 0.3 is 0 Å². The van der Waals surface area contributed by atoms with E-state index >= 15 is 0 Å². The molecule has 3 aromatic carbocycles. The van der Waals surface area contributed by atoms with Gasteiger partial charge in [0.05, 0.1) is 31.6 Å². The summed E-state index contributed by atoms with van der Waals surface area (Å²) < 4.78 is 27.2. The number of hydrogen-bond acceptors (Lipinski definition) is 8. The fraction of sp³-hybridized carbons (Fsp3) is 0.333. The topological polar surface area (TPSA) is 90.9 Å². The normalized spacial score (nSPS) is 31.4. The number of rotatable bonds is 10. The second kappa shape index (κ2) is 10.5. The Kier molecular flexibility index (Phi) is 6.71. The van der Waals surface area contributed by atoms with Crippen molar-refractivity contribution in [3.8, 4) is 0 Å². The van der Waals surface area contributed by atoms with Crippen molar-refractivity contribution in [3.05, 3.63) is 119 Å². The maximum Gasteiger partial charge on any atom is 0.155 e. The molecule has 41 heavy (non-hydrogen) atoms. The molecule has 0 radical (unpaired) electrons. The van der Waals surface area contributed by atoms with Gasteiger partial charge in [-0.15, -0.1) is 0 Å². The summed E-state index contributed by atoms with van der Waals surface area (Å²) in [5.41, 5.74) is 8.72. The predicted molar refractivity (Wildman–Crippen MR) is 156 cm³/mol. The van der Waals surface area contributed by atoms with E-state index in [9.17, 15) is 0 Å². The van der Waals surface area contributed by atoms with Crippen LogP contribution in [0.3, 0.4) is 0 Å². The minimum absolute atomic E-state index is 0.150. The Bertz CT molecular complexity index is 1460. The SMILES string of the molecule is C[C@@]1(C2CC=C3C(N)=NC=NN32)O[C@@H]2C(OCc3ccccc3)[C@]2(OCc2ccccc2)[C@H]1OCc1ccccc1. The van der Waals surface area contributed by atoms with Crippen LogP contribution in [0.2, 0.25) is 0 Å². The summed E-state index contributed by atoms with van der Waals surface area (Å²) in [4.78, 5) is 4.19. The summed E-state index contributed by atoms with van der Waals surface area (Å²) >= 11 is 0. The number of amidine groups is 1. The first kappa shape index (κ1) is 26.1. The largest absolute Gasteiger partial charge is 0.382 e. The van der Waals surface area contributed by atoms with Crippen LogP contribution in [0, 0.1) is 0 Å². The molecular weight excluding hydrogens is 516 g/mol. The van der Waals surface area contributed by atoms with Crippen LogP contribution < -0.4 is 5.73 Å². The smallest absolute Gasteiger partial charge is 0.155 e. The van der Waals surface area contributed by atoms with E-state index in [4.69, 9.17) is 24.7 Å². The van der Waals surface area contributed by atoms with Gasteiger partial charge in [0.2, 0.25) is 0 Å². The molecule has 1 aliphatic carbocycles. The van der Waals surface area contributed by atoms with E-state index in [1.807, 2.05) is 59.6 Å². The van der Waals surface area contributed by atoms with Gasteiger partial charge in [-0.05, 0) is 30.0 Å². The van der Waals surface area contributed by atoms with Crippen molar-refractivity contribution in [3.63, 3.8) is 0 Å². The maximum absolute atomic E-state index is 6.98. The standard InChI is InChI=1S/C33H34N4O4/c1-32(27-18-17-26-30(34)35-22-36-37(26)27)31(39-20-24-13-7-3-8-14-24)33(40-21-25-15-9-4-10-16-25)28(29(33)41-32)38-19-23-11-5-2-6-12-23/h2-17,22,27-29,31H,18-21H2,1H3,(H2,34,35,36)/t27?,28?,29-,31+,32+,33-/m1/s1. The lowest BCUT2D eigenvalue weighted by Crippen LogP contribution is -2.60. The van der Waals surface area contributed by atoms with Gasteiger partial charge in [0.25, 0.3) is 0 Å². The monoisotopic (exact) mass is 550 g/mol. The van der Waals surface area contributed by atoms with Crippen LogP contribution in [-0.2, 0) is 38.8 Å². The molecule has 6 atom stereocenters. The average Bonchev–Trinajstić information content (AvgIpc) is 3.27. The molecule has 3 aromatic rings. The van der Waals surface area contributed by atoms with Crippen molar-refractivity contribution in [1.82, 2.24) is 5.01 Å². The van der Waals surface area contributed by atoms with E-state index in [2.05, 4.69) is 59.5 Å². The number of nitrogens with two attached hydrogens (primary N) is 1. The Hall–Kier alpha value is -3.82. The van der Waals surface area contributed by atoms with Crippen molar-refractivity contribution in [2.24, 2.45) is 15.8 Å². The Morgan fingerprint density at radius 1 is 0.854 bits per heavy atom. The second-order valence-corrected chi connectivity index (χ2v) is 11.2. The van der Waals surface area contributed by atoms with Gasteiger partial charge in [0.1, 0.15) is 30.3 Å². The van der Waals surface area contributed by atoms with E-state index in [0.717, 1.165) is 22.4 Å². The van der Waals surface area contributed by atoms with E-state index in [0.29, 0.717) is 32.1 Å². The lowest BCUT2D eigenvalue weighted by molar-refractivity contribution is -0.191. The van der Waals surface area contributed by atoms with E-state index in [1.165, 1.54) is 6.34 Å². The predicted octanol–water partition coefficient (Wildman–Crippen LogP) is 4.56. The molecule has 3 heterocycles. The first-order valence-electron chi connectivity index (χ1n) is 14.1. The first-order valence-corrected chi connectivity index (χ1v) is 14.1. The molecule has 4 aliphatic rings. The van der Waals surface area contributed by atoms with Gasteiger partial charge in [0, 0.05) is 0 Å². The number of ether oxygens (including phenoxy) is 4. The highest BCUT2D eigenvalue weighted by molar-refractivity contribution is 6.02. The molecule has 7 rings (SSSR count). The molecule has 0 amide bonds. The number of fused-ring (bicyclic) bond motifs is 2.